The Bertz CT molecular complexity index is 611. The molecule has 1 amide bonds. The number of hydrogen-bond acceptors (Lipinski definition) is 2. The van der Waals surface area contributed by atoms with Crippen LogP contribution in [0.3, 0.4) is 0 Å². The van der Waals surface area contributed by atoms with E-state index < -0.39 is 0 Å². The first kappa shape index (κ1) is 13.6. The molecule has 2 aromatic carbocycles. The molecule has 0 saturated carbocycles. The van der Waals surface area contributed by atoms with Gasteiger partial charge in [0, 0.05) is 15.7 Å². The molecular formula is C15H14BrNO2. The second-order valence-corrected chi connectivity index (χ2v) is 4.95. The van der Waals surface area contributed by atoms with E-state index in [1.165, 1.54) is 0 Å². The summed E-state index contributed by atoms with van der Waals surface area (Å²) in [4.78, 5) is 12.2. The summed E-state index contributed by atoms with van der Waals surface area (Å²) in [7, 11) is 1.58. The molecule has 0 radical (unpaired) electrons. The number of amides is 1. The molecule has 2 aromatic rings. The molecular weight excluding hydrogens is 306 g/mol. The summed E-state index contributed by atoms with van der Waals surface area (Å²) in [5, 5.41) is 2.89. The van der Waals surface area contributed by atoms with Crippen LogP contribution in [0.15, 0.2) is 46.9 Å². The SMILES string of the molecule is COc1cccc(C(=O)Nc2cccc(Br)c2C)c1. The molecule has 0 aliphatic rings. The van der Waals surface area contributed by atoms with E-state index in [1.807, 2.05) is 25.1 Å². The van der Waals surface area contributed by atoms with Gasteiger partial charge in [0.25, 0.3) is 5.91 Å². The zero-order chi connectivity index (χ0) is 13.8. The van der Waals surface area contributed by atoms with E-state index in [4.69, 9.17) is 4.74 Å². The Balaban J connectivity index is 2.23. The molecule has 1 N–H and O–H groups in total. The van der Waals surface area contributed by atoms with Crippen LogP contribution in [-0.4, -0.2) is 13.0 Å². The van der Waals surface area contributed by atoms with Crippen LogP contribution in [0.4, 0.5) is 5.69 Å². The van der Waals surface area contributed by atoms with Gasteiger partial charge in [-0.3, -0.25) is 4.79 Å². The lowest BCUT2D eigenvalue weighted by Crippen LogP contribution is -2.12. The van der Waals surface area contributed by atoms with E-state index >= 15 is 0 Å². The van der Waals surface area contributed by atoms with Crippen LogP contribution in [0.1, 0.15) is 15.9 Å². The van der Waals surface area contributed by atoms with Crippen LogP contribution >= 0.6 is 15.9 Å². The molecule has 0 aliphatic heterocycles. The number of methoxy groups -OCH3 is 1. The third-order valence-electron chi connectivity index (χ3n) is 2.85. The first-order valence-corrected chi connectivity index (χ1v) is 6.61. The van der Waals surface area contributed by atoms with Crippen LogP contribution in [0.25, 0.3) is 0 Å². The minimum atomic E-state index is -0.153. The average Bonchev–Trinajstić information content (AvgIpc) is 2.44. The lowest BCUT2D eigenvalue weighted by molar-refractivity contribution is 0.102. The van der Waals surface area contributed by atoms with Crippen molar-refractivity contribution >= 4 is 27.5 Å². The highest BCUT2D eigenvalue weighted by Crippen LogP contribution is 2.24. The van der Waals surface area contributed by atoms with Gasteiger partial charge in [-0.05, 0) is 42.8 Å². The predicted octanol–water partition coefficient (Wildman–Crippen LogP) is 4.02. The van der Waals surface area contributed by atoms with Gasteiger partial charge < -0.3 is 10.1 Å². The van der Waals surface area contributed by atoms with Crippen LogP contribution < -0.4 is 10.1 Å². The fourth-order valence-corrected chi connectivity index (χ4v) is 2.07. The number of carbonyl (C=O) groups is 1. The maximum atomic E-state index is 12.2. The highest BCUT2D eigenvalue weighted by molar-refractivity contribution is 9.10. The van der Waals surface area contributed by atoms with Crippen LogP contribution in [-0.2, 0) is 0 Å². The third-order valence-corrected chi connectivity index (χ3v) is 3.71. The average molecular weight is 320 g/mol. The molecule has 2 rings (SSSR count). The fourth-order valence-electron chi connectivity index (χ4n) is 1.70. The van der Waals surface area contributed by atoms with Crippen LogP contribution in [0.2, 0.25) is 0 Å². The molecule has 0 saturated heterocycles. The Labute approximate surface area is 120 Å². The van der Waals surface area contributed by atoms with Gasteiger partial charge in [-0.1, -0.05) is 28.1 Å². The lowest BCUT2D eigenvalue weighted by Gasteiger charge is -2.10. The summed E-state index contributed by atoms with van der Waals surface area (Å²) < 4.78 is 6.08. The molecule has 0 spiro atoms. The maximum Gasteiger partial charge on any atom is 0.255 e. The number of benzene rings is 2. The number of hydrogen-bond donors (Lipinski definition) is 1. The fraction of sp³-hybridized carbons (Fsp3) is 0.133. The van der Waals surface area contributed by atoms with Crippen molar-refractivity contribution in [2.75, 3.05) is 12.4 Å². The highest BCUT2D eigenvalue weighted by atomic mass is 79.9. The summed E-state index contributed by atoms with van der Waals surface area (Å²) in [6.07, 6.45) is 0. The van der Waals surface area contributed by atoms with Crippen molar-refractivity contribution in [3.8, 4) is 5.75 Å². The molecule has 3 nitrogen and oxygen atoms in total. The first-order chi connectivity index (χ1) is 9.11. The summed E-state index contributed by atoms with van der Waals surface area (Å²) in [5.74, 6) is 0.513. The van der Waals surface area contributed by atoms with Gasteiger partial charge in [-0.2, -0.15) is 0 Å². The first-order valence-electron chi connectivity index (χ1n) is 5.82. The van der Waals surface area contributed by atoms with E-state index in [1.54, 1.807) is 31.4 Å². The Morgan fingerprint density at radius 3 is 2.68 bits per heavy atom. The van der Waals surface area contributed by atoms with Gasteiger partial charge in [0.1, 0.15) is 5.75 Å². The lowest BCUT2D eigenvalue weighted by atomic mass is 10.1. The minimum Gasteiger partial charge on any atom is -0.497 e. The largest absolute Gasteiger partial charge is 0.497 e. The quantitative estimate of drug-likeness (QED) is 0.928. The number of nitrogens with one attached hydrogen (secondary N) is 1. The number of ether oxygens (including phenoxy) is 1. The Hall–Kier alpha value is -1.81. The van der Waals surface area contributed by atoms with Crippen molar-refractivity contribution in [3.05, 3.63) is 58.1 Å². The molecule has 0 aliphatic carbocycles. The Morgan fingerprint density at radius 2 is 1.95 bits per heavy atom. The third kappa shape index (κ3) is 3.15. The second-order valence-electron chi connectivity index (χ2n) is 4.10. The van der Waals surface area contributed by atoms with E-state index in [9.17, 15) is 4.79 Å². The second kappa shape index (κ2) is 5.89. The summed E-state index contributed by atoms with van der Waals surface area (Å²) in [6, 6.07) is 12.8. The summed E-state index contributed by atoms with van der Waals surface area (Å²) >= 11 is 3.44. The van der Waals surface area contributed by atoms with Crippen LogP contribution in [0, 0.1) is 6.92 Å². The molecule has 0 unspecified atom stereocenters. The molecule has 0 fully saturated rings. The summed E-state index contributed by atoms with van der Waals surface area (Å²) in [5.41, 5.74) is 2.36. The molecule has 0 aromatic heterocycles. The number of anilines is 1. The van der Waals surface area contributed by atoms with Gasteiger partial charge >= 0.3 is 0 Å². The monoisotopic (exact) mass is 319 g/mol. The van der Waals surface area contributed by atoms with Crippen molar-refractivity contribution in [1.82, 2.24) is 0 Å². The minimum absolute atomic E-state index is 0.153. The predicted molar refractivity (Wildman–Crippen MR) is 79.8 cm³/mol. The van der Waals surface area contributed by atoms with Crippen LogP contribution in [0.5, 0.6) is 5.75 Å². The van der Waals surface area contributed by atoms with E-state index in [0.29, 0.717) is 11.3 Å². The van der Waals surface area contributed by atoms with Crippen molar-refractivity contribution < 1.29 is 9.53 Å². The van der Waals surface area contributed by atoms with Gasteiger partial charge in [0.15, 0.2) is 0 Å². The number of rotatable bonds is 3. The van der Waals surface area contributed by atoms with E-state index in [2.05, 4.69) is 21.2 Å². The Morgan fingerprint density at radius 1 is 1.21 bits per heavy atom. The van der Waals surface area contributed by atoms with Gasteiger partial charge in [0.05, 0.1) is 7.11 Å². The van der Waals surface area contributed by atoms with Crippen molar-refractivity contribution in [3.63, 3.8) is 0 Å². The Kier molecular flexibility index (Phi) is 4.22. The standard InChI is InChI=1S/C15H14BrNO2/c1-10-13(16)7-4-8-14(10)17-15(18)11-5-3-6-12(9-11)19-2/h3-9H,1-2H3,(H,17,18). The van der Waals surface area contributed by atoms with Gasteiger partial charge in [0.2, 0.25) is 0 Å². The smallest absolute Gasteiger partial charge is 0.255 e. The molecule has 0 heterocycles. The van der Waals surface area contributed by atoms with Gasteiger partial charge in [-0.15, -0.1) is 0 Å². The van der Waals surface area contributed by atoms with E-state index in [0.717, 1.165) is 15.7 Å². The topological polar surface area (TPSA) is 38.3 Å². The molecule has 0 atom stereocenters. The zero-order valence-corrected chi connectivity index (χ0v) is 12.3. The zero-order valence-electron chi connectivity index (χ0n) is 10.7. The van der Waals surface area contributed by atoms with Crippen molar-refractivity contribution in [2.45, 2.75) is 6.92 Å². The van der Waals surface area contributed by atoms with Gasteiger partial charge in [-0.25, -0.2) is 0 Å². The molecule has 98 valence electrons. The summed E-state index contributed by atoms with van der Waals surface area (Å²) in [6.45, 7) is 1.95. The number of halogens is 1. The van der Waals surface area contributed by atoms with Crippen molar-refractivity contribution in [1.29, 1.82) is 0 Å². The molecule has 4 heteroatoms. The molecule has 0 bridgehead atoms. The maximum absolute atomic E-state index is 12.2. The van der Waals surface area contributed by atoms with E-state index in [-0.39, 0.29) is 5.91 Å². The normalized spacial score (nSPS) is 10.1. The molecule has 19 heavy (non-hydrogen) atoms. The van der Waals surface area contributed by atoms with Crippen molar-refractivity contribution in [2.24, 2.45) is 0 Å². The highest BCUT2D eigenvalue weighted by Gasteiger charge is 2.09. The number of carbonyl (C=O) groups excluding carboxylic acids is 1.